The number of anilines is 3. The van der Waals surface area contributed by atoms with E-state index in [1.165, 1.54) is 4.90 Å². The number of amides is 1. The zero-order valence-electron chi connectivity index (χ0n) is 23.7. The van der Waals surface area contributed by atoms with Crippen LogP contribution >= 0.6 is 0 Å². The summed E-state index contributed by atoms with van der Waals surface area (Å²) in [6.45, 7) is 2.25. The highest BCUT2D eigenvalue weighted by molar-refractivity contribution is 5.85. The van der Waals surface area contributed by atoms with Gasteiger partial charge in [-0.05, 0) is 33.6 Å². The van der Waals surface area contributed by atoms with Gasteiger partial charge in [0, 0.05) is 56.2 Å². The molecular formula is C23H33N9O2. The first-order valence-corrected chi connectivity index (χ1v) is 11.4. The van der Waals surface area contributed by atoms with Crippen molar-refractivity contribution in [2.24, 2.45) is 5.73 Å². The summed E-state index contributed by atoms with van der Waals surface area (Å²) in [5.41, 5.74) is 12.5. The molecule has 182 valence electrons. The first kappa shape index (κ1) is 18.3. The quantitative estimate of drug-likeness (QED) is 0.645. The molecule has 2 saturated heterocycles. The number of morpholine rings is 1. The molecule has 3 aliphatic heterocycles. The SMILES string of the molecule is [2H]C1([2H])CN(c2nc(-c3cnc(N)nc3)c3c(n2)N([C@@]2(C)CCN(C(=O)C(C)(C)N)C2)CC3)CC([2H])([2H])O1. The number of nitrogen functional groups attached to an aromatic ring is 1. The minimum absolute atomic E-state index is 0.110. The van der Waals surface area contributed by atoms with Crippen LogP contribution < -0.4 is 21.3 Å². The van der Waals surface area contributed by atoms with Crippen molar-refractivity contribution < 1.29 is 15.0 Å². The van der Waals surface area contributed by atoms with Crippen molar-refractivity contribution in [1.82, 2.24) is 24.8 Å². The summed E-state index contributed by atoms with van der Waals surface area (Å²) >= 11 is 0. The number of nitrogens with two attached hydrogens (primary N) is 2. The summed E-state index contributed by atoms with van der Waals surface area (Å²) in [7, 11) is 0. The van der Waals surface area contributed by atoms with E-state index < -0.39 is 24.2 Å². The van der Waals surface area contributed by atoms with Gasteiger partial charge in [0.05, 0.1) is 35.4 Å². The maximum Gasteiger partial charge on any atom is 0.242 e. The van der Waals surface area contributed by atoms with E-state index in [4.69, 9.17) is 31.7 Å². The molecule has 34 heavy (non-hydrogen) atoms. The molecule has 5 heterocycles. The smallest absolute Gasteiger partial charge is 0.242 e. The fraction of sp³-hybridized carbons (Fsp3) is 0.609. The van der Waals surface area contributed by atoms with Crippen LogP contribution in [0, 0.1) is 0 Å². The lowest BCUT2D eigenvalue weighted by atomic mass is 9.99. The van der Waals surface area contributed by atoms with Crippen LogP contribution in [0.4, 0.5) is 17.7 Å². The molecule has 0 unspecified atom stereocenters. The van der Waals surface area contributed by atoms with Crippen LogP contribution in [0.5, 0.6) is 0 Å². The molecule has 4 N–H and O–H groups in total. The van der Waals surface area contributed by atoms with Gasteiger partial charge in [-0.25, -0.2) is 15.0 Å². The summed E-state index contributed by atoms with van der Waals surface area (Å²) < 4.78 is 37.4. The van der Waals surface area contributed by atoms with Crippen LogP contribution in [0.25, 0.3) is 11.3 Å². The number of carbonyl (C=O) groups is 1. The Morgan fingerprint density at radius 1 is 1.18 bits per heavy atom. The van der Waals surface area contributed by atoms with Crippen molar-refractivity contribution in [2.45, 2.75) is 44.7 Å². The first-order chi connectivity index (χ1) is 17.6. The number of ether oxygens (including phenoxy) is 1. The molecule has 2 aromatic rings. The summed E-state index contributed by atoms with van der Waals surface area (Å²) in [6.07, 6.45) is 4.52. The number of hydrogen-bond acceptors (Lipinski definition) is 10. The van der Waals surface area contributed by atoms with Gasteiger partial charge in [0.1, 0.15) is 5.82 Å². The standard InChI is InChI=1S/C23H33N9O2/c1-22(2,25)19(33)31-7-5-23(3,14-31)32-6-4-16-17(15-12-26-20(24)27-13-15)28-21(29-18(16)32)30-8-10-34-11-9-30/h12-13H,4-11,14,25H2,1-3H3,(H2,24,26,27)/t23-/m0/s1/i10D2,11D2. The number of hydrogen-bond donors (Lipinski definition) is 2. The fourth-order valence-corrected chi connectivity index (χ4v) is 4.82. The molecule has 11 nitrogen and oxygen atoms in total. The van der Waals surface area contributed by atoms with Gasteiger partial charge in [0.15, 0.2) is 0 Å². The third-order valence-corrected chi connectivity index (χ3v) is 6.64. The van der Waals surface area contributed by atoms with Crippen molar-refractivity contribution in [3.63, 3.8) is 0 Å². The highest BCUT2D eigenvalue weighted by atomic mass is 16.5. The molecular weight excluding hydrogens is 434 g/mol. The lowest BCUT2D eigenvalue weighted by Gasteiger charge is -2.38. The second kappa shape index (κ2) is 8.31. The minimum atomic E-state index is -2.23. The number of fused-ring (bicyclic) bond motifs is 1. The summed E-state index contributed by atoms with van der Waals surface area (Å²) in [4.78, 5) is 36.2. The number of nitrogens with zero attached hydrogens (tertiary/aromatic N) is 7. The summed E-state index contributed by atoms with van der Waals surface area (Å²) in [5, 5.41) is 0. The maximum atomic E-state index is 12.9. The van der Waals surface area contributed by atoms with E-state index in [-0.39, 0.29) is 30.9 Å². The Kier molecular flexibility index (Phi) is 4.47. The van der Waals surface area contributed by atoms with Gasteiger partial charge >= 0.3 is 0 Å². The maximum absolute atomic E-state index is 12.9. The van der Waals surface area contributed by atoms with Crippen LogP contribution in [0.3, 0.4) is 0 Å². The van der Waals surface area contributed by atoms with Crippen LogP contribution in [0.1, 0.15) is 38.2 Å². The van der Waals surface area contributed by atoms with Crippen molar-refractivity contribution in [3.8, 4) is 11.3 Å². The number of rotatable bonds is 4. The van der Waals surface area contributed by atoms with Crippen molar-refractivity contribution >= 4 is 23.6 Å². The molecule has 0 aliphatic carbocycles. The van der Waals surface area contributed by atoms with Gasteiger partial charge in [0.25, 0.3) is 0 Å². The molecule has 0 radical (unpaired) electrons. The summed E-state index contributed by atoms with van der Waals surface area (Å²) in [5.74, 6) is 0.859. The Bertz CT molecular complexity index is 1240. The number of aromatic nitrogens is 4. The van der Waals surface area contributed by atoms with E-state index in [2.05, 4.69) is 21.8 Å². The molecule has 1 atom stereocenters. The van der Waals surface area contributed by atoms with Gasteiger partial charge < -0.3 is 30.9 Å². The van der Waals surface area contributed by atoms with Gasteiger partial charge in [-0.3, -0.25) is 4.79 Å². The average molecular weight is 472 g/mol. The number of carbonyl (C=O) groups excluding carboxylic acids is 1. The second-order valence-corrected chi connectivity index (χ2v) is 9.85. The topological polar surface area (TPSA) is 140 Å². The Labute approximate surface area is 205 Å². The third-order valence-electron chi connectivity index (χ3n) is 6.64. The molecule has 11 heteroatoms. The van der Waals surface area contributed by atoms with Crippen LogP contribution in [-0.2, 0) is 16.0 Å². The van der Waals surface area contributed by atoms with E-state index in [0.29, 0.717) is 43.1 Å². The van der Waals surface area contributed by atoms with Gasteiger partial charge in [-0.15, -0.1) is 0 Å². The Morgan fingerprint density at radius 3 is 2.56 bits per heavy atom. The van der Waals surface area contributed by atoms with Crippen LogP contribution in [0.2, 0.25) is 0 Å². The second-order valence-electron chi connectivity index (χ2n) is 9.85. The monoisotopic (exact) mass is 471 g/mol. The van der Waals surface area contributed by atoms with Crippen molar-refractivity contribution in [3.05, 3.63) is 18.0 Å². The fourth-order valence-electron chi connectivity index (χ4n) is 4.82. The lowest BCUT2D eigenvalue weighted by Crippen LogP contribution is -2.53. The Hall–Kier alpha value is -3.05. The van der Waals surface area contributed by atoms with Gasteiger partial charge in [-0.1, -0.05) is 0 Å². The van der Waals surface area contributed by atoms with Gasteiger partial charge in [-0.2, -0.15) is 4.98 Å². The molecule has 0 aromatic carbocycles. The number of likely N-dealkylation sites (tertiary alicyclic amines) is 1. The predicted molar refractivity (Wildman–Crippen MR) is 129 cm³/mol. The molecule has 0 spiro atoms. The van der Waals surface area contributed by atoms with Crippen LogP contribution in [0.15, 0.2) is 12.4 Å². The zero-order chi connectivity index (χ0) is 27.7. The molecule has 3 aliphatic rings. The predicted octanol–water partition coefficient (Wildman–Crippen LogP) is 0.443. The van der Waals surface area contributed by atoms with Gasteiger partial charge in [0.2, 0.25) is 17.8 Å². The molecule has 2 aromatic heterocycles. The Balaban J connectivity index is 1.57. The highest BCUT2D eigenvalue weighted by Gasteiger charge is 2.46. The first-order valence-electron chi connectivity index (χ1n) is 13.4. The zero-order valence-corrected chi connectivity index (χ0v) is 19.7. The summed E-state index contributed by atoms with van der Waals surface area (Å²) in [6, 6.07) is 0. The average Bonchev–Trinajstić information content (AvgIpc) is 3.40. The molecule has 0 bridgehead atoms. The van der Waals surface area contributed by atoms with Crippen molar-refractivity contribution in [1.29, 1.82) is 0 Å². The third kappa shape index (κ3) is 4.03. The normalized spacial score (nSPS) is 27.6. The molecule has 0 saturated carbocycles. The Morgan fingerprint density at radius 2 is 1.88 bits per heavy atom. The van der Waals surface area contributed by atoms with E-state index in [1.54, 1.807) is 31.1 Å². The van der Waals surface area contributed by atoms with E-state index in [9.17, 15) is 4.79 Å². The van der Waals surface area contributed by atoms with E-state index in [0.717, 1.165) is 12.0 Å². The molecule has 5 rings (SSSR count). The van der Waals surface area contributed by atoms with Crippen LogP contribution in [-0.4, -0.2) is 87.7 Å². The highest BCUT2D eigenvalue weighted by Crippen LogP contribution is 2.41. The molecule has 2 fully saturated rings. The largest absolute Gasteiger partial charge is 0.378 e. The lowest BCUT2D eigenvalue weighted by molar-refractivity contribution is -0.134. The van der Waals surface area contributed by atoms with E-state index in [1.807, 2.05) is 0 Å². The van der Waals surface area contributed by atoms with Crippen molar-refractivity contribution in [2.75, 3.05) is 61.4 Å². The molecule has 1 amide bonds. The van der Waals surface area contributed by atoms with E-state index >= 15 is 0 Å². The minimum Gasteiger partial charge on any atom is -0.378 e.